The van der Waals surface area contributed by atoms with Crippen molar-refractivity contribution in [2.24, 2.45) is 0 Å². The molecule has 6 nitrogen and oxygen atoms in total. The van der Waals surface area contributed by atoms with Crippen molar-refractivity contribution in [2.75, 3.05) is 7.11 Å². The summed E-state index contributed by atoms with van der Waals surface area (Å²) in [5.74, 6) is -0.332. The first kappa shape index (κ1) is 11.8. The van der Waals surface area contributed by atoms with Crippen LogP contribution in [0.2, 0.25) is 0 Å². The van der Waals surface area contributed by atoms with E-state index in [0.717, 1.165) is 5.56 Å². The van der Waals surface area contributed by atoms with Crippen molar-refractivity contribution in [2.45, 2.75) is 32.5 Å². The van der Waals surface area contributed by atoms with Crippen LogP contribution in [0.1, 0.15) is 30.9 Å². The normalized spacial score (nSPS) is 14.5. The number of carboxylic acids is 1. The lowest BCUT2D eigenvalue weighted by atomic mass is 9.92. The minimum Gasteiger partial charge on any atom is -0.481 e. The van der Waals surface area contributed by atoms with E-state index in [2.05, 4.69) is 9.97 Å². The second-order valence-corrected chi connectivity index (χ2v) is 4.40. The predicted molar refractivity (Wildman–Crippen MR) is 57.7 cm³/mol. The molecule has 0 radical (unpaired) electrons. The minimum atomic E-state index is -1.15. The maximum Gasteiger partial charge on any atom is 0.316 e. The van der Waals surface area contributed by atoms with Crippen molar-refractivity contribution in [1.82, 2.24) is 9.97 Å². The fourth-order valence-electron chi connectivity index (χ4n) is 1.57. The SMILES string of the molecule is COc1nc(C(C)(C)C(=O)O)nc2c1COC2. The molecule has 1 aliphatic heterocycles. The molecule has 1 aliphatic rings. The van der Waals surface area contributed by atoms with Gasteiger partial charge in [0.05, 0.1) is 31.6 Å². The smallest absolute Gasteiger partial charge is 0.316 e. The quantitative estimate of drug-likeness (QED) is 0.841. The summed E-state index contributed by atoms with van der Waals surface area (Å²) in [5.41, 5.74) is 0.365. The van der Waals surface area contributed by atoms with Crippen LogP contribution in [-0.4, -0.2) is 28.2 Å². The number of carboxylic acid groups (broad SMARTS) is 1. The van der Waals surface area contributed by atoms with E-state index >= 15 is 0 Å². The average Bonchev–Trinajstić information content (AvgIpc) is 2.75. The monoisotopic (exact) mass is 238 g/mol. The molecule has 0 saturated carbocycles. The maximum atomic E-state index is 11.2. The Kier molecular flexibility index (Phi) is 2.74. The van der Waals surface area contributed by atoms with Gasteiger partial charge in [-0.2, -0.15) is 4.98 Å². The lowest BCUT2D eigenvalue weighted by Gasteiger charge is -2.18. The van der Waals surface area contributed by atoms with Crippen LogP contribution < -0.4 is 4.74 Å². The number of ether oxygens (including phenoxy) is 2. The predicted octanol–water partition coefficient (Wildman–Crippen LogP) is 0.878. The number of aliphatic carboxylic acids is 1. The molecule has 1 N–H and O–H groups in total. The average molecular weight is 238 g/mol. The van der Waals surface area contributed by atoms with Crippen LogP contribution in [-0.2, 0) is 28.2 Å². The molecular weight excluding hydrogens is 224 g/mol. The molecule has 0 saturated heterocycles. The van der Waals surface area contributed by atoms with Crippen molar-refractivity contribution < 1.29 is 19.4 Å². The molecule has 0 spiro atoms. The molecule has 6 heteroatoms. The summed E-state index contributed by atoms with van der Waals surface area (Å²) < 4.78 is 10.4. The lowest BCUT2D eigenvalue weighted by Crippen LogP contribution is -2.31. The number of nitrogens with zero attached hydrogens (tertiary/aromatic N) is 2. The Bertz CT molecular complexity index is 471. The molecule has 0 fully saturated rings. The molecule has 0 bridgehead atoms. The van der Waals surface area contributed by atoms with Gasteiger partial charge >= 0.3 is 5.97 Å². The van der Waals surface area contributed by atoms with Crippen molar-refractivity contribution in [3.05, 3.63) is 17.1 Å². The second kappa shape index (κ2) is 3.96. The summed E-state index contributed by atoms with van der Waals surface area (Å²) >= 11 is 0. The summed E-state index contributed by atoms with van der Waals surface area (Å²) in [4.78, 5) is 19.6. The summed E-state index contributed by atoms with van der Waals surface area (Å²) in [6.07, 6.45) is 0. The third kappa shape index (κ3) is 1.84. The van der Waals surface area contributed by atoms with E-state index in [0.29, 0.717) is 24.8 Å². The van der Waals surface area contributed by atoms with Gasteiger partial charge in [-0.3, -0.25) is 4.79 Å². The number of rotatable bonds is 3. The number of carbonyl (C=O) groups is 1. The van der Waals surface area contributed by atoms with Gasteiger partial charge in [0.1, 0.15) is 11.2 Å². The largest absolute Gasteiger partial charge is 0.481 e. The summed E-state index contributed by atoms with van der Waals surface area (Å²) in [6, 6.07) is 0. The number of hydrogen-bond donors (Lipinski definition) is 1. The van der Waals surface area contributed by atoms with Crippen molar-refractivity contribution in [3.63, 3.8) is 0 Å². The van der Waals surface area contributed by atoms with E-state index in [9.17, 15) is 4.79 Å². The number of methoxy groups -OCH3 is 1. The molecular formula is C11H14N2O4. The molecule has 0 aliphatic carbocycles. The summed E-state index contributed by atoms with van der Waals surface area (Å²) in [7, 11) is 1.50. The molecule has 0 amide bonds. The first-order valence-electron chi connectivity index (χ1n) is 5.22. The fourth-order valence-corrected chi connectivity index (χ4v) is 1.57. The van der Waals surface area contributed by atoms with Crippen LogP contribution in [0.4, 0.5) is 0 Å². The molecule has 1 aromatic heterocycles. The molecule has 0 aromatic carbocycles. The minimum absolute atomic E-state index is 0.242. The van der Waals surface area contributed by atoms with Crippen molar-refractivity contribution >= 4 is 5.97 Å². The van der Waals surface area contributed by atoms with E-state index in [-0.39, 0.29) is 5.82 Å². The van der Waals surface area contributed by atoms with Crippen molar-refractivity contribution in [1.29, 1.82) is 0 Å². The Morgan fingerprint density at radius 1 is 1.41 bits per heavy atom. The second-order valence-electron chi connectivity index (χ2n) is 4.40. The van der Waals surface area contributed by atoms with Gasteiger partial charge in [0.25, 0.3) is 0 Å². The fraction of sp³-hybridized carbons (Fsp3) is 0.545. The number of hydrogen-bond acceptors (Lipinski definition) is 5. The first-order chi connectivity index (χ1) is 7.96. The lowest BCUT2D eigenvalue weighted by molar-refractivity contribution is -0.142. The Labute approximate surface area is 98.6 Å². The Morgan fingerprint density at radius 2 is 2.12 bits per heavy atom. The van der Waals surface area contributed by atoms with Gasteiger partial charge in [-0.1, -0.05) is 0 Å². The van der Waals surface area contributed by atoms with E-state index in [1.807, 2.05) is 0 Å². The van der Waals surface area contributed by atoms with Gasteiger partial charge in [0.15, 0.2) is 0 Å². The van der Waals surface area contributed by atoms with Crippen molar-refractivity contribution in [3.8, 4) is 5.88 Å². The molecule has 2 heterocycles. The van der Waals surface area contributed by atoms with Gasteiger partial charge in [-0.15, -0.1) is 0 Å². The van der Waals surface area contributed by atoms with E-state index in [4.69, 9.17) is 14.6 Å². The first-order valence-corrected chi connectivity index (χ1v) is 5.22. The molecule has 1 aromatic rings. The van der Waals surface area contributed by atoms with Crippen LogP contribution in [0, 0.1) is 0 Å². The van der Waals surface area contributed by atoms with Crippen LogP contribution in [0.25, 0.3) is 0 Å². The summed E-state index contributed by atoms with van der Waals surface area (Å²) in [5, 5.41) is 9.15. The van der Waals surface area contributed by atoms with Gasteiger partial charge in [-0.25, -0.2) is 4.98 Å². The van der Waals surface area contributed by atoms with E-state index < -0.39 is 11.4 Å². The molecule has 2 rings (SSSR count). The van der Waals surface area contributed by atoms with Gasteiger partial charge in [0.2, 0.25) is 5.88 Å². The molecule has 17 heavy (non-hydrogen) atoms. The number of fused-ring (bicyclic) bond motifs is 1. The Hall–Kier alpha value is -1.69. The van der Waals surface area contributed by atoms with Crippen LogP contribution in [0.15, 0.2) is 0 Å². The molecule has 92 valence electrons. The van der Waals surface area contributed by atoms with Crippen LogP contribution >= 0.6 is 0 Å². The third-order valence-electron chi connectivity index (χ3n) is 2.83. The van der Waals surface area contributed by atoms with Crippen LogP contribution in [0.3, 0.4) is 0 Å². The van der Waals surface area contributed by atoms with E-state index in [1.54, 1.807) is 13.8 Å². The Balaban J connectivity index is 2.54. The zero-order valence-electron chi connectivity index (χ0n) is 9.98. The topological polar surface area (TPSA) is 81.5 Å². The highest BCUT2D eigenvalue weighted by molar-refractivity contribution is 5.79. The van der Waals surface area contributed by atoms with Gasteiger partial charge in [0, 0.05) is 0 Å². The standard InChI is InChI=1S/C11H14N2O4/c1-11(2,10(14)15)9-12-7-5-17-4-6(7)8(13-9)16-3/h4-5H2,1-3H3,(H,14,15). The Morgan fingerprint density at radius 3 is 2.71 bits per heavy atom. The van der Waals surface area contributed by atoms with Gasteiger partial charge in [-0.05, 0) is 13.8 Å². The number of aromatic nitrogens is 2. The molecule has 0 atom stereocenters. The summed E-state index contributed by atoms with van der Waals surface area (Å²) in [6.45, 7) is 3.90. The van der Waals surface area contributed by atoms with Crippen LogP contribution in [0.5, 0.6) is 5.88 Å². The zero-order valence-corrected chi connectivity index (χ0v) is 9.98. The third-order valence-corrected chi connectivity index (χ3v) is 2.83. The highest BCUT2D eigenvalue weighted by atomic mass is 16.5. The zero-order chi connectivity index (χ0) is 12.6. The highest BCUT2D eigenvalue weighted by Gasteiger charge is 2.35. The molecule has 0 unspecified atom stereocenters. The van der Waals surface area contributed by atoms with E-state index in [1.165, 1.54) is 7.11 Å². The van der Waals surface area contributed by atoms with Gasteiger partial charge < -0.3 is 14.6 Å². The maximum absolute atomic E-state index is 11.2. The highest BCUT2D eigenvalue weighted by Crippen LogP contribution is 2.30.